The van der Waals surface area contributed by atoms with Crippen molar-refractivity contribution < 1.29 is 9.50 Å². The summed E-state index contributed by atoms with van der Waals surface area (Å²) >= 11 is 1.46. The second-order valence-electron chi connectivity index (χ2n) is 6.16. The van der Waals surface area contributed by atoms with Crippen molar-refractivity contribution in [2.75, 3.05) is 5.75 Å². The summed E-state index contributed by atoms with van der Waals surface area (Å²) in [5.41, 5.74) is 2.25. The van der Waals surface area contributed by atoms with Crippen molar-refractivity contribution in [3.8, 4) is 0 Å². The maximum atomic E-state index is 13.1. The molecule has 0 heterocycles. The van der Waals surface area contributed by atoms with E-state index in [0.717, 1.165) is 10.5 Å². The summed E-state index contributed by atoms with van der Waals surface area (Å²) in [7, 11) is 0. The first-order valence-electron chi connectivity index (χ1n) is 7.03. The highest BCUT2D eigenvalue weighted by Gasteiger charge is 2.14. The van der Waals surface area contributed by atoms with E-state index in [1.54, 1.807) is 6.07 Å². The van der Waals surface area contributed by atoms with Crippen LogP contribution in [0.3, 0.4) is 0 Å². The van der Waals surface area contributed by atoms with Crippen LogP contribution < -0.4 is 0 Å². The minimum Gasteiger partial charge on any atom is -0.388 e. The molecule has 0 saturated carbocycles. The van der Waals surface area contributed by atoms with Gasteiger partial charge in [-0.15, -0.1) is 11.8 Å². The number of benzene rings is 2. The van der Waals surface area contributed by atoms with Crippen LogP contribution in [0.15, 0.2) is 53.4 Å². The van der Waals surface area contributed by atoms with Crippen LogP contribution in [0.1, 0.15) is 38.0 Å². The zero-order chi connectivity index (χ0) is 15.5. The van der Waals surface area contributed by atoms with Crippen LogP contribution in [0.4, 0.5) is 4.39 Å². The molecule has 1 N–H and O–H groups in total. The van der Waals surface area contributed by atoms with Crippen molar-refractivity contribution in [1.29, 1.82) is 0 Å². The molecule has 0 aromatic heterocycles. The lowest BCUT2D eigenvalue weighted by molar-refractivity contribution is 0.204. The van der Waals surface area contributed by atoms with Gasteiger partial charge in [-0.1, -0.05) is 51.1 Å². The van der Waals surface area contributed by atoms with Gasteiger partial charge in [0, 0.05) is 10.6 Å². The molecule has 0 bridgehead atoms. The summed E-state index contributed by atoms with van der Waals surface area (Å²) < 4.78 is 13.1. The molecule has 0 amide bonds. The number of hydrogen-bond acceptors (Lipinski definition) is 2. The summed E-state index contributed by atoms with van der Waals surface area (Å²) in [6.45, 7) is 6.49. The lowest BCUT2D eigenvalue weighted by atomic mass is 9.86. The Hall–Kier alpha value is -1.32. The molecular formula is C18H21FOS. The minimum atomic E-state index is -0.549. The summed E-state index contributed by atoms with van der Waals surface area (Å²) in [6, 6.07) is 14.5. The molecule has 2 aromatic carbocycles. The number of thioether (sulfide) groups is 1. The molecule has 1 atom stereocenters. The van der Waals surface area contributed by atoms with Crippen LogP contribution in [-0.4, -0.2) is 10.9 Å². The monoisotopic (exact) mass is 304 g/mol. The molecule has 21 heavy (non-hydrogen) atoms. The maximum absolute atomic E-state index is 13.1. The Balaban J connectivity index is 1.99. The lowest BCUT2D eigenvalue weighted by Crippen LogP contribution is -2.11. The van der Waals surface area contributed by atoms with Gasteiger partial charge in [-0.05, 0) is 34.7 Å². The summed E-state index contributed by atoms with van der Waals surface area (Å²) in [5.74, 6) is 0.266. The maximum Gasteiger partial charge on any atom is 0.124 e. The SMILES string of the molecule is CC(C)(C)c1ccc(C(O)CSc2cccc(F)c2)cc1. The third-order valence-corrected chi connectivity index (χ3v) is 4.44. The minimum absolute atomic E-state index is 0.111. The van der Waals surface area contributed by atoms with Gasteiger partial charge in [0.15, 0.2) is 0 Å². The van der Waals surface area contributed by atoms with E-state index >= 15 is 0 Å². The van der Waals surface area contributed by atoms with Gasteiger partial charge in [-0.25, -0.2) is 4.39 Å². The standard InChI is InChI=1S/C18H21FOS/c1-18(2,3)14-9-7-13(8-10-14)17(20)12-21-16-6-4-5-15(19)11-16/h4-11,17,20H,12H2,1-3H3. The molecule has 1 nitrogen and oxygen atoms in total. The van der Waals surface area contributed by atoms with Gasteiger partial charge in [0.05, 0.1) is 6.10 Å². The average Bonchev–Trinajstić information content (AvgIpc) is 2.44. The Kier molecular flexibility index (Phi) is 5.07. The van der Waals surface area contributed by atoms with Gasteiger partial charge in [0.1, 0.15) is 5.82 Å². The Labute approximate surface area is 130 Å². The molecule has 1 unspecified atom stereocenters. The Morgan fingerprint density at radius 1 is 1.10 bits per heavy atom. The lowest BCUT2D eigenvalue weighted by Gasteiger charge is -2.20. The fourth-order valence-corrected chi connectivity index (χ4v) is 2.95. The number of halogens is 1. The fourth-order valence-electron chi connectivity index (χ4n) is 2.03. The number of aliphatic hydroxyl groups is 1. The molecule has 0 spiro atoms. The molecule has 0 aliphatic heterocycles. The number of hydrogen-bond donors (Lipinski definition) is 1. The normalized spacial score (nSPS) is 13.2. The largest absolute Gasteiger partial charge is 0.388 e. The molecule has 3 heteroatoms. The first-order chi connectivity index (χ1) is 9.86. The van der Waals surface area contributed by atoms with Gasteiger partial charge in [0.25, 0.3) is 0 Å². The number of aliphatic hydroxyl groups excluding tert-OH is 1. The van der Waals surface area contributed by atoms with Crippen LogP contribution in [0, 0.1) is 5.82 Å². The molecule has 2 aromatic rings. The molecule has 0 aliphatic carbocycles. The van der Waals surface area contributed by atoms with Crippen LogP contribution in [-0.2, 0) is 5.41 Å². The van der Waals surface area contributed by atoms with Crippen molar-refractivity contribution >= 4 is 11.8 Å². The van der Waals surface area contributed by atoms with Gasteiger partial charge in [-0.3, -0.25) is 0 Å². The summed E-state index contributed by atoms with van der Waals surface area (Å²) in [4.78, 5) is 0.834. The highest BCUT2D eigenvalue weighted by atomic mass is 32.2. The molecule has 0 saturated heterocycles. The second kappa shape index (κ2) is 6.63. The quantitative estimate of drug-likeness (QED) is 0.807. The zero-order valence-electron chi connectivity index (χ0n) is 12.6. The predicted molar refractivity (Wildman–Crippen MR) is 87.2 cm³/mol. The van der Waals surface area contributed by atoms with Crippen LogP contribution in [0.5, 0.6) is 0 Å². The van der Waals surface area contributed by atoms with Crippen LogP contribution >= 0.6 is 11.8 Å². The molecule has 0 aliphatic rings. The molecular weight excluding hydrogens is 283 g/mol. The third kappa shape index (κ3) is 4.58. The Morgan fingerprint density at radius 3 is 2.33 bits per heavy atom. The van der Waals surface area contributed by atoms with E-state index in [1.807, 2.05) is 18.2 Å². The highest BCUT2D eigenvalue weighted by molar-refractivity contribution is 7.99. The predicted octanol–water partition coefficient (Wildman–Crippen LogP) is 4.95. The Morgan fingerprint density at radius 2 is 1.76 bits per heavy atom. The fraction of sp³-hybridized carbons (Fsp3) is 0.333. The van der Waals surface area contributed by atoms with E-state index in [1.165, 1.54) is 29.5 Å². The van der Waals surface area contributed by atoms with Crippen LogP contribution in [0.2, 0.25) is 0 Å². The van der Waals surface area contributed by atoms with E-state index in [4.69, 9.17) is 0 Å². The van der Waals surface area contributed by atoms with Crippen molar-refractivity contribution in [2.24, 2.45) is 0 Å². The van der Waals surface area contributed by atoms with E-state index in [0.29, 0.717) is 5.75 Å². The van der Waals surface area contributed by atoms with E-state index < -0.39 is 6.10 Å². The topological polar surface area (TPSA) is 20.2 Å². The van der Waals surface area contributed by atoms with Gasteiger partial charge < -0.3 is 5.11 Å². The van der Waals surface area contributed by atoms with Gasteiger partial charge in [-0.2, -0.15) is 0 Å². The summed E-state index contributed by atoms with van der Waals surface area (Å²) in [6.07, 6.45) is -0.549. The third-order valence-electron chi connectivity index (χ3n) is 3.37. The average molecular weight is 304 g/mol. The van der Waals surface area contributed by atoms with Crippen molar-refractivity contribution in [2.45, 2.75) is 37.2 Å². The highest BCUT2D eigenvalue weighted by Crippen LogP contribution is 2.27. The zero-order valence-corrected chi connectivity index (χ0v) is 13.5. The van der Waals surface area contributed by atoms with E-state index in [2.05, 4.69) is 32.9 Å². The molecule has 0 radical (unpaired) electrons. The van der Waals surface area contributed by atoms with Gasteiger partial charge >= 0.3 is 0 Å². The molecule has 0 fully saturated rings. The first-order valence-corrected chi connectivity index (χ1v) is 8.02. The summed E-state index contributed by atoms with van der Waals surface area (Å²) in [5, 5.41) is 10.2. The smallest absolute Gasteiger partial charge is 0.124 e. The van der Waals surface area contributed by atoms with Gasteiger partial charge in [0.2, 0.25) is 0 Å². The van der Waals surface area contributed by atoms with Crippen molar-refractivity contribution in [3.63, 3.8) is 0 Å². The van der Waals surface area contributed by atoms with Crippen molar-refractivity contribution in [3.05, 3.63) is 65.5 Å². The number of rotatable bonds is 4. The van der Waals surface area contributed by atoms with Crippen molar-refractivity contribution in [1.82, 2.24) is 0 Å². The van der Waals surface area contributed by atoms with E-state index in [-0.39, 0.29) is 11.2 Å². The first kappa shape index (κ1) is 16.1. The second-order valence-corrected chi connectivity index (χ2v) is 7.25. The molecule has 112 valence electrons. The Bertz CT molecular complexity index is 587. The van der Waals surface area contributed by atoms with Crippen LogP contribution in [0.25, 0.3) is 0 Å². The molecule has 2 rings (SSSR count). The van der Waals surface area contributed by atoms with E-state index in [9.17, 15) is 9.50 Å².